The topological polar surface area (TPSA) is 49.7 Å². The number of benzene rings is 1. The molecule has 0 fully saturated rings. The largest absolute Gasteiger partial charge is 0.427 e. The molecule has 1 aromatic carbocycles. The van der Waals surface area contributed by atoms with Crippen LogP contribution in [0.3, 0.4) is 0 Å². The average Bonchev–Trinajstić information content (AvgIpc) is 2.08. The Kier molecular flexibility index (Phi) is 3.90. The second-order valence-corrected chi connectivity index (χ2v) is 3.13. The monoisotopic (exact) mass is 198 g/mol. The molecule has 3 nitrogen and oxygen atoms in total. The minimum absolute atomic E-state index is 0.499. The first kappa shape index (κ1) is 10.2. The lowest BCUT2D eigenvalue weighted by molar-refractivity contribution is 0.373. The molecule has 0 radical (unpaired) electrons. The van der Waals surface area contributed by atoms with Gasteiger partial charge in [0.2, 0.25) is 0 Å². The van der Waals surface area contributed by atoms with Crippen molar-refractivity contribution in [3.05, 3.63) is 42.5 Å². The molecule has 0 atom stereocenters. The van der Waals surface area contributed by atoms with Gasteiger partial charge in [-0.1, -0.05) is 24.3 Å². The lowest BCUT2D eigenvalue weighted by Gasteiger charge is -2.08. The van der Waals surface area contributed by atoms with Gasteiger partial charge in [-0.3, -0.25) is 0 Å². The van der Waals surface area contributed by atoms with Gasteiger partial charge in [0.25, 0.3) is 0 Å². The number of para-hydroxylation sites is 1. The fraction of sp³-hybridized carbons (Fsp3) is 0.111. The highest BCUT2D eigenvalue weighted by Crippen LogP contribution is 2.31. The Hall–Kier alpha value is -0.890. The van der Waals surface area contributed by atoms with Gasteiger partial charge in [-0.15, -0.1) is 6.58 Å². The van der Waals surface area contributed by atoms with E-state index in [0.717, 1.165) is 5.56 Å². The first-order chi connectivity index (χ1) is 6.24. The van der Waals surface area contributed by atoms with Crippen LogP contribution in [-0.2, 0) is 6.42 Å². The highest BCUT2D eigenvalue weighted by atomic mass is 31.2. The third kappa shape index (κ3) is 3.15. The van der Waals surface area contributed by atoms with E-state index in [0.29, 0.717) is 12.2 Å². The molecule has 0 amide bonds. The Morgan fingerprint density at radius 3 is 2.69 bits per heavy atom. The molecule has 4 heteroatoms. The molecule has 0 aliphatic heterocycles. The maximum Gasteiger partial charge on any atom is 0.391 e. The first-order valence-corrected chi connectivity index (χ1v) is 4.95. The minimum Gasteiger partial charge on any atom is -0.427 e. The summed E-state index contributed by atoms with van der Waals surface area (Å²) >= 11 is 0. The third-order valence-corrected chi connectivity index (χ3v) is 1.88. The third-order valence-electron chi connectivity index (χ3n) is 1.52. The zero-order chi connectivity index (χ0) is 9.68. The van der Waals surface area contributed by atoms with E-state index in [-0.39, 0.29) is 0 Å². The van der Waals surface area contributed by atoms with Gasteiger partial charge in [-0.2, -0.15) is 0 Å². The van der Waals surface area contributed by atoms with Crippen molar-refractivity contribution in [1.82, 2.24) is 0 Å². The fourth-order valence-corrected chi connectivity index (χ4v) is 1.36. The van der Waals surface area contributed by atoms with E-state index in [2.05, 4.69) is 6.58 Å². The fourth-order valence-electron chi connectivity index (χ4n) is 1.00. The first-order valence-electron chi connectivity index (χ1n) is 3.78. The standard InChI is InChI=1S/C9H11O3P/c1-2-5-8-6-3-4-7-9(8)12-13(10)11/h2-4,6-7,10-11H,1,5H2. The summed E-state index contributed by atoms with van der Waals surface area (Å²) in [7, 11) is -2.34. The molecular formula is C9H11O3P. The van der Waals surface area contributed by atoms with Crippen molar-refractivity contribution in [2.75, 3.05) is 0 Å². The summed E-state index contributed by atoms with van der Waals surface area (Å²) in [5.74, 6) is 0.499. The van der Waals surface area contributed by atoms with E-state index in [1.807, 2.05) is 12.1 Å². The van der Waals surface area contributed by atoms with Crippen molar-refractivity contribution in [1.29, 1.82) is 0 Å². The molecule has 0 heterocycles. The second kappa shape index (κ2) is 4.97. The number of rotatable bonds is 4. The van der Waals surface area contributed by atoms with Crippen LogP contribution in [0.25, 0.3) is 0 Å². The Bertz CT molecular complexity index is 286. The van der Waals surface area contributed by atoms with Crippen LogP contribution in [0.2, 0.25) is 0 Å². The Morgan fingerprint density at radius 1 is 1.38 bits per heavy atom. The van der Waals surface area contributed by atoms with E-state index < -0.39 is 8.60 Å². The van der Waals surface area contributed by atoms with Gasteiger partial charge in [0.05, 0.1) is 0 Å². The molecule has 13 heavy (non-hydrogen) atoms. The SMILES string of the molecule is C=CCc1ccccc1OP(O)O. The summed E-state index contributed by atoms with van der Waals surface area (Å²) in [5.41, 5.74) is 0.896. The highest BCUT2D eigenvalue weighted by molar-refractivity contribution is 7.39. The van der Waals surface area contributed by atoms with Gasteiger partial charge in [0.1, 0.15) is 5.75 Å². The van der Waals surface area contributed by atoms with Crippen LogP contribution in [0, 0.1) is 0 Å². The van der Waals surface area contributed by atoms with Crippen LogP contribution in [0.1, 0.15) is 5.56 Å². The molecule has 0 aliphatic carbocycles. The maximum atomic E-state index is 8.67. The Balaban J connectivity index is 2.83. The molecule has 0 spiro atoms. The van der Waals surface area contributed by atoms with Gasteiger partial charge in [0, 0.05) is 0 Å². The molecule has 0 bridgehead atoms. The van der Waals surface area contributed by atoms with Crippen molar-refractivity contribution in [2.24, 2.45) is 0 Å². The molecule has 2 N–H and O–H groups in total. The van der Waals surface area contributed by atoms with Crippen LogP contribution in [0.5, 0.6) is 5.75 Å². The van der Waals surface area contributed by atoms with E-state index >= 15 is 0 Å². The minimum atomic E-state index is -2.34. The lowest BCUT2D eigenvalue weighted by atomic mass is 10.1. The molecule has 0 aliphatic rings. The quantitative estimate of drug-likeness (QED) is 0.574. The van der Waals surface area contributed by atoms with Crippen LogP contribution >= 0.6 is 8.60 Å². The average molecular weight is 198 g/mol. The summed E-state index contributed by atoms with van der Waals surface area (Å²) < 4.78 is 4.83. The number of hydrogen-bond donors (Lipinski definition) is 2. The van der Waals surface area contributed by atoms with E-state index in [9.17, 15) is 0 Å². The van der Waals surface area contributed by atoms with Crippen molar-refractivity contribution in [3.63, 3.8) is 0 Å². The zero-order valence-electron chi connectivity index (χ0n) is 7.05. The Morgan fingerprint density at radius 2 is 2.08 bits per heavy atom. The summed E-state index contributed by atoms with van der Waals surface area (Å²) in [6, 6.07) is 7.19. The Labute approximate surface area is 78.3 Å². The van der Waals surface area contributed by atoms with Crippen LogP contribution < -0.4 is 4.52 Å². The van der Waals surface area contributed by atoms with E-state index in [1.54, 1.807) is 18.2 Å². The van der Waals surface area contributed by atoms with Gasteiger partial charge in [-0.25, -0.2) is 0 Å². The lowest BCUT2D eigenvalue weighted by Crippen LogP contribution is -1.90. The van der Waals surface area contributed by atoms with Crippen molar-refractivity contribution < 1.29 is 14.3 Å². The van der Waals surface area contributed by atoms with Gasteiger partial charge in [0.15, 0.2) is 0 Å². The van der Waals surface area contributed by atoms with Crippen molar-refractivity contribution in [2.45, 2.75) is 6.42 Å². The summed E-state index contributed by atoms with van der Waals surface area (Å²) in [6.07, 6.45) is 2.39. The highest BCUT2D eigenvalue weighted by Gasteiger charge is 2.06. The van der Waals surface area contributed by atoms with E-state index in [1.165, 1.54) is 0 Å². The molecule has 1 aromatic rings. The summed E-state index contributed by atoms with van der Waals surface area (Å²) in [5, 5.41) is 0. The van der Waals surface area contributed by atoms with E-state index in [4.69, 9.17) is 14.3 Å². The zero-order valence-corrected chi connectivity index (χ0v) is 7.95. The van der Waals surface area contributed by atoms with Crippen molar-refractivity contribution in [3.8, 4) is 5.75 Å². The smallest absolute Gasteiger partial charge is 0.391 e. The van der Waals surface area contributed by atoms with Gasteiger partial charge in [-0.05, 0) is 18.1 Å². The summed E-state index contributed by atoms with van der Waals surface area (Å²) in [6.45, 7) is 3.60. The second-order valence-electron chi connectivity index (χ2n) is 2.44. The predicted molar refractivity (Wildman–Crippen MR) is 52.3 cm³/mol. The molecule has 70 valence electrons. The van der Waals surface area contributed by atoms with Gasteiger partial charge < -0.3 is 14.3 Å². The van der Waals surface area contributed by atoms with Gasteiger partial charge >= 0.3 is 8.60 Å². The molecule has 0 aromatic heterocycles. The molecule has 0 unspecified atom stereocenters. The molecule has 1 rings (SSSR count). The predicted octanol–water partition coefficient (Wildman–Crippen LogP) is 2.01. The molecule has 0 saturated carbocycles. The summed E-state index contributed by atoms with van der Waals surface area (Å²) in [4.78, 5) is 17.3. The van der Waals surface area contributed by atoms with Crippen molar-refractivity contribution >= 4 is 8.60 Å². The normalized spacial score (nSPS) is 10.1. The molecular weight excluding hydrogens is 187 g/mol. The maximum absolute atomic E-state index is 8.67. The van der Waals surface area contributed by atoms with Crippen LogP contribution in [0.15, 0.2) is 36.9 Å². The number of allylic oxidation sites excluding steroid dienone is 1. The van der Waals surface area contributed by atoms with Crippen LogP contribution in [-0.4, -0.2) is 9.79 Å². The number of hydrogen-bond acceptors (Lipinski definition) is 3. The molecule has 0 saturated heterocycles. The van der Waals surface area contributed by atoms with Crippen LogP contribution in [0.4, 0.5) is 0 Å².